The number of thiazole rings is 1. The third-order valence-electron chi connectivity index (χ3n) is 4.41. The second-order valence-corrected chi connectivity index (χ2v) is 11.1. The van der Waals surface area contributed by atoms with Gasteiger partial charge in [-0.15, -0.1) is 5.11 Å². The van der Waals surface area contributed by atoms with Crippen LogP contribution in [0.3, 0.4) is 0 Å². The standard InChI is InChI=1S/C16H16N8O4S3/c17-3-4-30(25,26)11-2-1-8(9-5-20-6-10-13(9)23-16(18)29-10)12(14(11)31(19,27)28)15-21-7-22-24-15/h1-2,5-6H,3-4,7,17H2,(H2,18,23)(H2,19,27,28). The van der Waals surface area contributed by atoms with Gasteiger partial charge in [-0.1, -0.05) is 17.4 Å². The summed E-state index contributed by atoms with van der Waals surface area (Å²) in [4.78, 5) is 11.5. The highest BCUT2D eigenvalue weighted by molar-refractivity contribution is 7.93. The fourth-order valence-corrected chi connectivity index (χ4v) is 6.71. The lowest BCUT2D eigenvalue weighted by atomic mass is 9.99. The zero-order chi connectivity index (χ0) is 22.4. The first-order valence-corrected chi connectivity index (χ1v) is 12.7. The summed E-state index contributed by atoms with van der Waals surface area (Å²) in [5, 5.41) is 13.4. The topological polar surface area (TPSA) is 209 Å². The van der Waals surface area contributed by atoms with Crippen molar-refractivity contribution in [3.63, 3.8) is 0 Å². The van der Waals surface area contributed by atoms with Crippen molar-refractivity contribution in [1.82, 2.24) is 9.97 Å². The Balaban J connectivity index is 2.16. The molecule has 0 spiro atoms. The Morgan fingerprint density at radius 1 is 1.10 bits per heavy atom. The lowest BCUT2D eigenvalue weighted by molar-refractivity contribution is 0.583. The summed E-state index contributed by atoms with van der Waals surface area (Å²) in [7, 11) is -8.62. The summed E-state index contributed by atoms with van der Waals surface area (Å²) in [6.45, 7) is -0.240. The van der Waals surface area contributed by atoms with E-state index in [1.165, 1.54) is 29.7 Å². The van der Waals surface area contributed by atoms with E-state index in [2.05, 4.69) is 25.2 Å². The number of nitrogen functional groups attached to an aromatic ring is 1. The molecule has 2 aromatic heterocycles. The van der Waals surface area contributed by atoms with Gasteiger partial charge < -0.3 is 11.5 Å². The Morgan fingerprint density at radius 3 is 2.52 bits per heavy atom. The van der Waals surface area contributed by atoms with E-state index in [0.29, 0.717) is 15.8 Å². The van der Waals surface area contributed by atoms with Crippen LogP contribution in [0.2, 0.25) is 0 Å². The van der Waals surface area contributed by atoms with Gasteiger partial charge in [0.2, 0.25) is 10.0 Å². The molecule has 12 nitrogen and oxygen atoms in total. The van der Waals surface area contributed by atoms with E-state index in [1.807, 2.05) is 0 Å². The number of amidine groups is 1. The highest BCUT2D eigenvalue weighted by atomic mass is 32.2. The summed E-state index contributed by atoms with van der Waals surface area (Å²) in [6, 6.07) is 2.61. The van der Waals surface area contributed by atoms with E-state index in [4.69, 9.17) is 16.6 Å². The normalized spacial score (nSPS) is 14.3. The number of sulfone groups is 1. The van der Waals surface area contributed by atoms with Gasteiger partial charge in [0.05, 0.1) is 26.4 Å². The largest absolute Gasteiger partial charge is 0.375 e. The molecule has 0 radical (unpaired) electrons. The number of hydrogen-bond acceptors (Lipinski definition) is 12. The smallest absolute Gasteiger partial charge is 0.240 e. The second-order valence-electron chi connectivity index (χ2n) is 6.42. The molecule has 1 aliphatic heterocycles. The van der Waals surface area contributed by atoms with Crippen LogP contribution in [0.15, 0.2) is 49.5 Å². The average molecular weight is 481 g/mol. The van der Waals surface area contributed by atoms with Crippen molar-refractivity contribution in [3.05, 3.63) is 30.1 Å². The number of pyridine rings is 1. The van der Waals surface area contributed by atoms with Gasteiger partial charge in [0, 0.05) is 24.5 Å². The number of hydrogen-bond donors (Lipinski definition) is 3. The van der Waals surface area contributed by atoms with Gasteiger partial charge in [-0.2, -0.15) is 5.11 Å². The number of nitrogens with zero attached hydrogens (tertiary/aromatic N) is 5. The zero-order valence-corrected chi connectivity index (χ0v) is 18.2. The molecule has 1 aliphatic rings. The van der Waals surface area contributed by atoms with Gasteiger partial charge >= 0.3 is 0 Å². The fraction of sp³-hybridized carbons (Fsp3) is 0.188. The molecule has 0 aliphatic carbocycles. The summed E-state index contributed by atoms with van der Waals surface area (Å²) in [6.07, 6.45) is 3.04. The number of fused-ring (bicyclic) bond motifs is 1. The minimum absolute atomic E-state index is 0.0370. The second kappa shape index (κ2) is 7.69. The van der Waals surface area contributed by atoms with E-state index < -0.39 is 35.4 Å². The van der Waals surface area contributed by atoms with Gasteiger partial charge in [-0.05, 0) is 11.6 Å². The number of sulfonamides is 1. The molecular weight excluding hydrogens is 464 g/mol. The Morgan fingerprint density at radius 2 is 1.87 bits per heavy atom. The van der Waals surface area contributed by atoms with Gasteiger partial charge in [-0.3, -0.25) is 4.98 Å². The Labute approximate surface area is 180 Å². The van der Waals surface area contributed by atoms with Crippen LogP contribution in [0, 0.1) is 0 Å². The van der Waals surface area contributed by atoms with Crippen molar-refractivity contribution in [2.24, 2.45) is 26.1 Å². The molecule has 4 rings (SSSR count). The van der Waals surface area contributed by atoms with Crippen LogP contribution in [-0.2, 0) is 19.9 Å². The van der Waals surface area contributed by atoms with Crippen LogP contribution < -0.4 is 16.6 Å². The third-order valence-corrected chi connectivity index (χ3v) is 8.14. The molecule has 0 unspecified atom stereocenters. The molecule has 0 fully saturated rings. The maximum Gasteiger partial charge on any atom is 0.240 e. The number of aromatic nitrogens is 2. The van der Waals surface area contributed by atoms with Crippen molar-refractivity contribution < 1.29 is 16.8 Å². The summed E-state index contributed by atoms with van der Waals surface area (Å²) >= 11 is 1.20. The van der Waals surface area contributed by atoms with E-state index in [1.54, 1.807) is 6.20 Å². The predicted molar refractivity (Wildman–Crippen MR) is 116 cm³/mol. The van der Waals surface area contributed by atoms with Gasteiger partial charge in [0.1, 0.15) is 4.90 Å². The summed E-state index contributed by atoms with van der Waals surface area (Å²) < 4.78 is 51.5. The lowest BCUT2D eigenvalue weighted by Crippen LogP contribution is -2.24. The Kier molecular flexibility index (Phi) is 5.30. The molecule has 6 N–H and O–H groups in total. The number of rotatable bonds is 6. The first kappa shape index (κ1) is 21.4. The minimum atomic E-state index is -4.55. The molecule has 0 saturated heterocycles. The Hall–Kier alpha value is -2.85. The third kappa shape index (κ3) is 3.81. The molecule has 3 heterocycles. The van der Waals surface area contributed by atoms with Crippen molar-refractivity contribution >= 4 is 52.4 Å². The maximum absolute atomic E-state index is 12.8. The number of anilines is 1. The molecule has 31 heavy (non-hydrogen) atoms. The van der Waals surface area contributed by atoms with Crippen molar-refractivity contribution in [1.29, 1.82) is 0 Å². The van der Waals surface area contributed by atoms with Gasteiger partial charge in [-0.25, -0.2) is 32.0 Å². The first-order valence-electron chi connectivity index (χ1n) is 8.69. The van der Waals surface area contributed by atoms with Crippen LogP contribution in [0.1, 0.15) is 5.56 Å². The van der Waals surface area contributed by atoms with Crippen molar-refractivity contribution in [3.8, 4) is 11.1 Å². The van der Waals surface area contributed by atoms with E-state index >= 15 is 0 Å². The minimum Gasteiger partial charge on any atom is -0.375 e. The first-order chi connectivity index (χ1) is 14.6. The Bertz CT molecular complexity index is 1480. The maximum atomic E-state index is 12.8. The quantitative estimate of drug-likeness (QED) is 0.451. The van der Waals surface area contributed by atoms with Crippen LogP contribution in [-0.4, -0.2) is 51.6 Å². The van der Waals surface area contributed by atoms with Crippen molar-refractivity contribution in [2.45, 2.75) is 9.79 Å². The monoisotopic (exact) mass is 480 g/mol. The van der Waals surface area contributed by atoms with E-state index in [0.717, 1.165) is 0 Å². The molecule has 15 heteroatoms. The highest BCUT2D eigenvalue weighted by Crippen LogP contribution is 2.38. The van der Waals surface area contributed by atoms with Crippen LogP contribution >= 0.6 is 11.3 Å². The molecule has 0 atom stereocenters. The number of aliphatic imine (C=N–C) groups is 1. The average Bonchev–Trinajstić information content (AvgIpc) is 3.34. The highest BCUT2D eigenvalue weighted by Gasteiger charge is 2.32. The number of primary sulfonamides is 1. The lowest BCUT2D eigenvalue weighted by Gasteiger charge is -2.16. The fourth-order valence-electron chi connectivity index (χ4n) is 3.23. The van der Waals surface area contributed by atoms with Crippen LogP contribution in [0.5, 0.6) is 0 Å². The van der Waals surface area contributed by atoms with Crippen LogP contribution in [0.25, 0.3) is 21.3 Å². The summed E-state index contributed by atoms with van der Waals surface area (Å²) in [5.74, 6) is -0.536. The molecule has 0 saturated carbocycles. The number of azo groups is 1. The molecule has 1 aromatic carbocycles. The zero-order valence-electron chi connectivity index (χ0n) is 15.8. The molecule has 0 amide bonds. The summed E-state index contributed by atoms with van der Waals surface area (Å²) in [5.41, 5.74) is 12.3. The molecule has 3 aromatic rings. The van der Waals surface area contributed by atoms with Gasteiger partial charge in [0.15, 0.2) is 27.5 Å². The van der Waals surface area contributed by atoms with Crippen LogP contribution in [0.4, 0.5) is 5.13 Å². The molecule has 162 valence electrons. The number of benzene rings is 1. The van der Waals surface area contributed by atoms with E-state index in [-0.39, 0.29) is 35.3 Å². The van der Waals surface area contributed by atoms with Gasteiger partial charge in [0.25, 0.3) is 0 Å². The SMILES string of the molecule is NCCS(=O)(=O)c1ccc(-c2cncc3sc(N)nc23)c(C2=NCN=N2)c1S(N)(=O)=O. The van der Waals surface area contributed by atoms with Crippen molar-refractivity contribution in [2.75, 3.05) is 24.7 Å². The van der Waals surface area contributed by atoms with E-state index in [9.17, 15) is 16.8 Å². The number of nitrogens with two attached hydrogens (primary N) is 3. The molecule has 0 bridgehead atoms. The predicted octanol–water partition coefficient (Wildman–Crippen LogP) is 0.490. The molecular formula is C16H16N8O4S3.